The van der Waals surface area contributed by atoms with Gasteiger partial charge in [0.2, 0.25) is 0 Å². The van der Waals surface area contributed by atoms with E-state index in [1.54, 1.807) is 0 Å². The van der Waals surface area contributed by atoms with E-state index in [0.717, 1.165) is 6.42 Å². The third-order valence-electron chi connectivity index (χ3n) is 2.14. The van der Waals surface area contributed by atoms with E-state index in [4.69, 9.17) is 16.7 Å². The van der Waals surface area contributed by atoms with Crippen LogP contribution < -0.4 is 5.32 Å². The molecule has 1 aromatic carbocycles. The molecular formula is C11H13ClFNO2. The van der Waals surface area contributed by atoms with E-state index in [9.17, 15) is 9.18 Å². The topological polar surface area (TPSA) is 49.3 Å². The van der Waals surface area contributed by atoms with Crippen LogP contribution >= 0.6 is 11.6 Å². The average Bonchev–Trinajstić information content (AvgIpc) is 2.22. The first-order valence-electron chi connectivity index (χ1n) is 4.99. The van der Waals surface area contributed by atoms with Gasteiger partial charge in [0.05, 0.1) is 5.02 Å². The highest BCUT2D eigenvalue weighted by molar-refractivity contribution is 6.31. The van der Waals surface area contributed by atoms with Gasteiger partial charge in [0.1, 0.15) is 11.9 Å². The Labute approximate surface area is 98.2 Å². The van der Waals surface area contributed by atoms with Crippen molar-refractivity contribution in [2.24, 2.45) is 0 Å². The summed E-state index contributed by atoms with van der Waals surface area (Å²) in [5, 5.41) is 11.7. The number of aliphatic carboxylic acids is 1. The Hall–Kier alpha value is -1.29. The molecule has 0 bridgehead atoms. The van der Waals surface area contributed by atoms with Crippen molar-refractivity contribution < 1.29 is 14.3 Å². The fourth-order valence-electron chi connectivity index (χ4n) is 1.33. The first-order valence-corrected chi connectivity index (χ1v) is 5.36. The molecule has 0 amide bonds. The molecule has 3 nitrogen and oxygen atoms in total. The zero-order valence-corrected chi connectivity index (χ0v) is 9.59. The van der Waals surface area contributed by atoms with Crippen molar-refractivity contribution >= 4 is 23.3 Å². The second-order valence-corrected chi connectivity index (χ2v) is 3.86. The van der Waals surface area contributed by atoms with E-state index in [2.05, 4.69) is 5.32 Å². The summed E-state index contributed by atoms with van der Waals surface area (Å²) in [5.41, 5.74) is 0.507. The van der Waals surface area contributed by atoms with Crippen LogP contribution in [0.2, 0.25) is 5.02 Å². The Morgan fingerprint density at radius 3 is 2.81 bits per heavy atom. The Morgan fingerprint density at radius 2 is 2.31 bits per heavy atom. The van der Waals surface area contributed by atoms with Gasteiger partial charge in [-0.1, -0.05) is 24.9 Å². The lowest BCUT2D eigenvalue weighted by atomic mass is 10.1. The molecule has 0 spiro atoms. The van der Waals surface area contributed by atoms with Crippen LogP contribution in [0.1, 0.15) is 19.8 Å². The predicted octanol–water partition coefficient (Wildman–Crippen LogP) is 3.14. The number of nitrogens with one attached hydrogen (secondary N) is 1. The third kappa shape index (κ3) is 3.38. The summed E-state index contributed by atoms with van der Waals surface area (Å²) >= 11 is 5.59. The first kappa shape index (κ1) is 12.8. The van der Waals surface area contributed by atoms with E-state index in [1.165, 1.54) is 18.2 Å². The van der Waals surface area contributed by atoms with Crippen LogP contribution in [0.3, 0.4) is 0 Å². The van der Waals surface area contributed by atoms with Crippen molar-refractivity contribution in [3.05, 3.63) is 29.0 Å². The number of rotatable bonds is 5. The Balaban J connectivity index is 2.77. The van der Waals surface area contributed by atoms with Crippen molar-refractivity contribution in [1.82, 2.24) is 0 Å². The third-order valence-corrected chi connectivity index (χ3v) is 2.43. The Bertz CT molecular complexity index is 384. The summed E-state index contributed by atoms with van der Waals surface area (Å²) in [4.78, 5) is 10.9. The minimum absolute atomic E-state index is 0.0226. The molecule has 1 atom stereocenters. The molecule has 0 aliphatic heterocycles. The summed E-state index contributed by atoms with van der Waals surface area (Å²) in [6.07, 6.45) is 1.25. The molecule has 0 heterocycles. The molecule has 16 heavy (non-hydrogen) atoms. The van der Waals surface area contributed by atoms with Crippen LogP contribution in [-0.2, 0) is 4.79 Å². The lowest BCUT2D eigenvalue weighted by Crippen LogP contribution is -2.28. The maximum Gasteiger partial charge on any atom is 0.326 e. The maximum absolute atomic E-state index is 12.9. The molecule has 1 aromatic rings. The van der Waals surface area contributed by atoms with Gasteiger partial charge in [0.15, 0.2) is 0 Å². The zero-order valence-electron chi connectivity index (χ0n) is 8.84. The van der Waals surface area contributed by atoms with E-state index < -0.39 is 17.8 Å². The number of carboxylic acids is 1. The molecule has 0 saturated heterocycles. The number of hydrogen-bond donors (Lipinski definition) is 2. The van der Waals surface area contributed by atoms with Crippen LogP contribution in [0.15, 0.2) is 18.2 Å². The highest BCUT2D eigenvalue weighted by Gasteiger charge is 2.16. The van der Waals surface area contributed by atoms with Gasteiger partial charge in [-0.15, -0.1) is 0 Å². The van der Waals surface area contributed by atoms with Crippen LogP contribution in [0.5, 0.6) is 0 Å². The van der Waals surface area contributed by atoms with E-state index in [0.29, 0.717) is 12.1 Å². The highest BCUT2D eigenvalue weighted by atomic mass is 35.5. The fraction of sp³-hybridized carbons (Fsp3) is 0.364. The van der Waals surface area contributed by atoms with Crippen molar-refractivity contribution in [3.8, 4) is 0 Å². The van der Waals surface area contributed by atoms with Crippen LogP contribution in [0, 0.1) is 5.82 Å². The summed E-state index contributed by atoms with van der Waals surface area (Å²) < 4.78 is 12.9. The highest BCUT2D eigenvalue weighted by Crippen LogP contribution is 2.20. The number of benzene rings is 1. The smallest absolute Gasteiger partial charge is 0.326 e. The van der Waals surface area contributed by atoms with Crippen molar-refractivity contribution in [3.63, 3.8) is 0 Å². The second kappa shape index (κ2) is 5.70. The molecule has 1 unspecified atom stereocenters. The van der Waals surface area contributed by atoms with E-state index in [1.807, 2.05) is 6.92 Å². The SMILES string of the molecule is CCCC(Nc1ccc(F)c(Cl)c1)C(=O)O. The number of anilines is 1. The number of carbonyl (C=O) groups is 1. The van der Waals surface area contributed by atoms with Crippen LogP contribution in [0.25, 0.3) is 0 Å². The van der Waals surface area contributed by atoms with E-state index >= 15 is 0 Å². The van der Waals surface area contributed by atoms with Gasteiger partial charge in [-0.25, -0.2) is 9.18 Å². The van der Waals surface area contributed by atoms with Gasteiger partial charge < -0.3 is 10.4 Å². The van der Waals surface area contributed by atoms with Gasteiger partial charge in [0.25, 0.3) is 0 Å². The summed E-state index contributed by atoms with van der Waals surface area (Å²) in [5.74, 6) is -1.45. The maximum atomic E-state index is 12.9. The zero-order chi connectivity index (χ0) is 12.1. The normalized spacial score (nSPS) is 12.2. The molecule has 0 aromatic heterocycles. The molecule has 0 aliphatic rings. The number of hydrogen-bond acceptors (Lipinski definition) is 2. The quantitative estimate of drug-likeness (QED) is 0.838. The minimum Gasteiger partial charge on any atom is -0.480 e. The van der Waals surface area contributed by atoms with Gasteiger partial charge in [-0.05, 0) is 24.6 Å². The minimum atomic E-state index is -0.928. The lowest BCUT2D eigenvalue weighted by Gasteiger charge is -2.15. The van der Waals surface area contributed by atoms with Gasteiger partial charge in [0, 0.05) is 5.69 Å². The predicted molar refractivity (Wildman–Crippen MR) is 61.4 cm³/mol. The van der Waals surface area contributed by atoms with E-state index in [-0.39, 0.29) is 5.02 Å². The van der Waals surface area contributed by atoms with Gasteiger partial charge in [-0.3, -0.25) is 0 Å². The summed E-state index contributed by atoms with van der Waals surface area (Å²) in [6.45, 7) is 1.90. The molecular weight excluding hydrogens is 233 g/mol. The molecule has 0 fully saturated rings. The Morgan fingerprint density at radius 1 is 1.62 bits per heavy atom. The molecule has 0 radical (unpaired) electrons. The van der Waals surface area contributed by atoms with Gasteiger partial charge in [-0.2, -0.15) is 0 Å². The van der Waals surface area contributed by atoms with Crippen LogP contribution in [-0.4, -0.2) is 17.1 Å². The van der Waals surface area contributed by atoms with Crippen molar-refractivity contribution in [2.45, 2.75) is 25.8 Å². The summed E-state index contributed by atoms with van der Waals surface area (Å²) in [6, 6.07) is 3.37. The first-order chi connectivity index (χ1) is 7.54. The molecule has 0 aliphatic carbocycles. The lowest BCUT2D eigenvalue weighted by molar-refractivity contribution is -0.138. The van der Waals surface area contributed by atoms with Gasteiger partial charge >= 0.3 is 5.97 Å². The molecule has 0 saturated carbocycles. The monoisotopic (exact) mass is 245 g/mol. The number of carboxylic acid groups (broad SMARTS) is 1. The molecule has 2 N–H and O–H groups in total. The van der Waals surface area contributed by atoms with Crippen LogP contribution in [0.4, 0.5) is 10.1 Å². The molecule has 88 valence electrons. The largest absolute Gasteiger partial charge is 0.480 e. The number of halogens is 2. The fourth-order valence-corrected chi connectivity index (χ4v) is 1.51. The Kier molecular flexibility index (Phi) is 4.55. The summed E-state index contributed by atoms with van der Waals surface area (Å²) in [7, 11) is 0. The average molecular weight is 246 g/mol. The molecule has 5 heteroatoms. The second-order valence-electron chi connectivity index (χ2n) is 3.45. The standard InChI is InChI=1S/C11H13ClFNO2/c1-2-3-10(11(15)16)14-7-4-5-9(13)8(12)6-7/h4-6,10,14H,2-3H2,1H3,(H,15,16). The van der Waals surface area contributed by atoms with Crippen molar-refractivity contribution in [2.75, 3.05) is 5.32 Å². The van der Waals surface area contributed by atoms with Crippen molar-refractivity contribution in [1.29, 1.82) is 0 Å². The molecule has 1 rings (SSSR count).